The molecular formula is C98H120O17. The van der Waals surface area contributed by atoms with Crippen LogP contribution >= 0.6 is 0 Å². The van der Waals surface area contributed by atoms with E-state index in [0.717, 1.165) is 127 Å². The SMILES string of the molecule is C(OCCOCCOCCOC=C(c1ccccc1)c1ccccc1)=C(c1ccccc1)c1ccccc1.CCCOCCOCCOC=C(C)c1ccc(OC)cc1.CCCOCCOCCOC=C(c1ccccc1)c1ccccc1.COc1ccc(C(C)=COCCOCCOCCOC=C(C)c2ccc(OC)cc2)cc1. The van der Waals surface area contributed by atoms with E-state index >= 15 is 0 Å². The van der Waals surface area contributed by atoms with Crippen LogP contribution in [0.4, 0.5) is 0 Å². The molecule has 0 radical (unpaired) electrons. The standard InChI is InChI=1S/C34H34O4.C26H34O6.C21H26O3.C17H26O4/c1-5-13-29(14-6-1)33(30-15-7-2-8-16-30)27-37-25-23-35-21-22-36-24-26-38-28-34(31-17-9-3-10-18-31)32-19-11-4-12-20-32;1-21(23-5-9-25(27-3)10-6-23)19-31-17-15-29-13-14-30-16-18-32-20-22(2)24-7-11-26(28-4)12-8-24;1-2-13-22-14-15-23-16-17-24-18-21(19-9-5-3-6-10-19)20-11-7-4-8-12-20;1-4-9-19-10-11-20-12-13-21-14-15(2)16-5-7-17(18-3)8-6-16/h1-20,27-28H,21-26H2;5-12,19-20H,13-18H2,1-4H3;3-12,18H,2,13-17H2,1H3;5-8,14H,4,9-13H2,1-3H3. The van der Waals surface area contributed by atoms with Crippen LogP contribution in [0.25, 0.3) is 33.4 Å². The van der Waals surface area contributed by atoms with Gasteiger partial charge in [-0.2, -0.15) is 0 Å². The molecule has 115 heavy (non-hydrogen) atoms. The molecule has 17 nitrogen and oxygen atoms in total. The third kappa shape index (κ3) is 40.7. The lowest BCUT2D eigenvalue weighted by Gasteiger charge is -2.10. The Morgan fingerprint density at radius 1 is 0.191 bits per heavy atom. The molecule has 0 unspecified atom stereocenters. The Hall–Kier alpha value is -10.7. The summed E-state index contributed by atoms with van der Waals surface area (Å²) in [6, 6.07) is 85.1. The summed E-state index contributed by atoms with van der Waals surface area (Å²) in [6.45, 7) is 22.5. The zero-order chi connectivity index (χ0) is 81.3. The van der Waals surface area contributed by atoms with Crippen molar-refractivity contribution in [3.63, 3.8) is 0 Å². The lowest BCUT2D eigenvalue weighted by atomic mass is 9.99. The van der Waals surface area contributed by atoms with Gasteiger partial charge < -0.3 is 80.5 Å². The Balaban J connectivity index is 0.000000245. The minimum atomic E-state index is 0.471. The summed E-state index contributed by atoms with van der Waals surface area (Å²) in [6.07, 6.45) is 12.8. The summed E-state index contributed by atoms with van der Waals surface area (Å²) >= 11 is 0. The van der Waals surface area contributed by atoms with Gasteiger partial charge in [-0.25, -0.2) is 0 Å². The quantitative estimate of drug-likeness (QED) is 0.0262. The van der Waals surface area contributed by atoms with Crippen molar-refractivity contribution in [3.05, 3.63) is 342 Å². The van der Waals surface area contributed by atoms with Crippen LogP contribution in [-0.2, 0) is 66.3 Å². The molecule has 0 aliphatic rings. The van der Waals surface area contributed by atoms with Gasteiger partial charge in [0.2, 0.25) is 0 Å². The molecular weight excluding hydrogens is 1450 g/mol. The van der Waals surface area contributed by atoms with Crippen LogP contribution in [0.5, 0.6) is 17.2 Å². The Morgan fingerprint density at radius 3 is 0.530 bits per heavy atom. The number of rotatable bonds is 52. The van der Waals surface area contributed by atoms with Crippen LogP contribution in [0, 0.1) is 0 Å². The van der Waals surface area contributed by atoms with Gasteiger partial charge in [0.1, 0.15) is 56.9 Å². The molecule has 9 aromatic carbocycles. The predicted octanol–water partition coefficient (Wildman–Crippen LogP) is 20.5. The number of benzene rings is 9. The first-order valence-corrected chi connectivity index (χ1v) is 39.4. The molecule has 9 aromatic rings. The van der Waals surface area contributed by atoms with E-state index in [-0.39, 0.29) is 0 Å². The summed E-state index contributed by atoms with van der Waals surface area (Å²) in [5.74, 6) is 2.53. The van der Waals surface area contributed by atoms with Gasteiger partial charge in [0, 0.05) is 29.9 Å². The van der Waals surface area contributed by atoms with Crippen LogP contribution in [0.2, 0.25) is 0 Å². The molecule has 0 amide bonds. The highest BCUT2D eigenvalue weighted by Crippen LogP contribution is 2.27. The highest BCUT2D eigenvalue weighted by atomic mass is 16.6. The van der Waals surface area contributed by atoms with Crippen LogP contribution in [0.1, 0.15) is 97.5 Å². The number of hydrogen-bond acceptors (Lipinski definition) is 17. The average Bonchev–Trinajstić information content (AvgIpc) is 0.857. The highest BCUT2D eigenvalue weighted by Gasteiger charge is 2.09. The van der Waals surface area contributed by atoms with Crippen molar-refractivity contribution in [1.82, 2.24) is 0 Å². The third-order valence-electron chi connectivity index (χ3n) is 16.8. The van der Waals surface area contributed by atoms with Crippen LogP contribution in [0.15, 0.2) is 292 Å². The molecule has 0 bridgehead atoms. The van der Waals surface area contributed by atoms with Gasteiger partial charge in [0.15, 0.2) is 0 Å². The fourth-order valence-corrected chi connectivity index (χ4v) is 10.6. The Bertz CT molecular complexity index is 3760. The average molecular weight is 1570 g/mol. The fourth-order valence-electron chi connectivity index (χ4n) is 10.6. The molecule has 0 heterocycles. The number of ether oxygens (including phenoxy) is 17. The van der Waals surface area contributed by atoms with E-state index in [4.69, 9.17) is 80.5 Å². The molecule has 0 aliphatic heterocycles. The van der Waals surface area contributed by atoms with Crippen molar-refractivity contribution >= 4 is 33.4 Å². The van der Waals surface area contributed by atoms with E-state index in [1.807, 2.05) is 222 Å². The molecule has 0 saturated carbocycles. The first-order valence-electron chi connectivity index (χ1n) is 39.4. The number of methoxy groups -OCH3 is 3. The van der Waals surface area contributed by atoms with Gasteiger partial charge >= 0.3 is 0 Å². The summed E-state index contributed by atoms with van der Waals surface area (Å²) in [4.78, 5) is 0. The smallest absolute Gasteiger partial charge is 0.118 e. The Kier molecular flexibility index (Phi) is 50.0. The van der Waals surface area contributed by atoms with Crippen LogP contribution in [-0.4, -0.2) is 167 Å². The second kappa shape index (κ2) is 61.8. The summed E-state index contributed by atoms with van der Waals surface area (Å²) in [5.41, 5.74) is 16.4. The van der Waals surface area contributed by atoms with Gasteiger partial charge in [-0.3, -0.25) is 0 Å². The largest absolute Gasteiger partial charge is 0.498 e. The van der Waals surface area contributed by atoms with Gasteiger partial charge in [0.25, 0.3) is 0 Å². The monoisotopic (exact) mass is 1570 g/mol. The normalized spacial score (nSPS) is 11.0. The number of allylic oxidation sites excluding steroid dienone is 3. The van der Waals surface area contributed by atoms with Crippen molar-refractivity contribution < 1.29 is 80.5 Å². The highest BCUT2D eigenvalue weighted by molar-refractivity contribution is 5.81. The fraction of sp³-hybridized carbons (Fsp3) is 0.327. The predicted molar refractivity (Wildman–Crippen MR) is 463 cm³/mol. The van der Waals surface area contributed by atoms with Crippen molar-refractivity contribution in [3.8, 4) is 17.2 Å². The third-order valence-corrected chi connectivity index (χ3v) is 16.8. The van der Waals surface area contributed by atoms with E-state index in [1.165, 1.54) is 0 Å². The molecule has 614 valence electrons. The van der Waals surface area contributed by atoms with Crippen molar-refractivity contribution in [2.45, 2.75) is 47.5 Å². The second-order valence-corrected chi connectivity index (χ2v) is 25.5. The molecule has 0 saturated heterocycles. The summed E-state index contributed by atoms with van der Waals surface area (Å²) < 4.78 is 93.3. The zero-order valence-electron chi connectivity index (χ0n) is 68.6. The zero-order valence-corrected chi connectivity index (χ0v) is 68.6. The topological polar surface area (TPSA) is 157 Å². The van der Waals surface area contributed by atoms with Crippen molar-refractivity contribution in [2.75, 3.05) is 167 Å². The van der Waals surface area contributed by atoms with Crippen LogP contribution < -0.4 is 14.2 Å². The van der Waals surface area contributed by atoms with Gasteiger partial charge in [-0.1, -0.05) is 232 Å². The first-order chi connectivity index (χ1) is 56.7. The molecule has 0 spiro atoms. The molecule has 0 aromatic heterocycles. The molecule has 0 N–H and O–H groups in total. The maximum atomic E-state index is 5.81. The van der Waals surface area contributed by atoms with E-state index < -0.39 is 0 Å². The lowest BCUT2D eigenvalue weighted by Crippen LogP contribution is -2.10. The molecule has 0 fully saturated rings. The minimum absolute atomic E-state index is 0.471. The van der Waals surface area contributed by atoms with Gasteiger partial charge in [-0.15, -0.1) is 0 Å². The van der Waals surface area contributed by atoms with Gasteiger partial charge in [0.05, 0.1) is 151 Å². The van der Waals surface area contributed by atoms with Gasteiger partial charge in [-0.05, 0) is 137 Å². The van der Waals surface area contributed by atoms with Crippen molar-refractivity contribution in [2.24, 2.45) is 0 Å². The lowest BCUT2D eigenvalue weighted by molar-refractivity contribution is 0.0187. The number of hydrogen-bond donors (Lipinski definition) is 0. The molecule has 0 atom stereocenters. The maximum absolute atomic E-state index is 5.81. The van der Waals surface area contributed by atoms with E-state index in [0.29, 0.717) is 132 Å². The van der Waals surface area contributed by atoms with E-state index in [1.54, 1.807) is 40.1 Å². The molecule has 0 aliphatic carbocycles. The maximum Gasteiger partial charge on any atom is 0.118 e. The second-order valence-electron chi connectivity index (χ2n) is 25.5. The van der Waals surface area contributed by atoms with Crippen LogP contribution in [0.3, 0.4) is 0 Å². The first kappa shape index (κ1) is 93.2. The summed E-state index contributed by atoms with van der Waals surface area (Å²) in [7, 11) is 4.97. The summed E-state index contributed by atoms with van der Waals surface area (Å²) in [5, 5.41) is 0. The van der Waals surface area contributed by atoms with E-state index in [2.05, 4.69) is 86.6 Å². The minimum Gasteiger partial charge on any atom is -0.498 e. The Morgan fingerprint density at radius 2 is 0.357 bits per heavy atom. The Labute approximate surface area is 684 Å². The van der Waals surface area contributed by atoms with E-state index in [9.17, 15) is 0 Å². The molecule has 17 heteroatoms. The molecule has 9 rings (SSSR count). The van der Waals surface area contributed by atoms with Crippen molar-refractivity contribution in [1.29, 1.82) is 0 Å².